The second kappa shape index (κ2) is 4.78. The molecular weight excluding hydrogens is 234 g/mol. The molecule has 3 aromatic rings. The van der Waals surface area contributed by atoms with Crippen LogP contribution in [0.1, 0.15) is 23.1 Å². The fourth-order valence-electron chi connectivity index (χ4n) is 2.22. The minimum absolute atomic E-state index is 0.216. The molecule has 3 nitrogen and oxygen atoms in total. The number of fused-ring (bicyclic) bond motifs is 1. The van der Waals surface area contributed by atoms with Gasteiger partial charge in [0, 0.05) is 6.20 Å². The molecule has 0 spiro atoms. The molecule has 0 saturated carbocycles. The summed E-state index contributed by atoms with van der Waals surface area (Å²) in [5.41, 5.74) is 8.20. The van der Waals surface area contributed by atoms with Crippen molar-refractivity contribution in [3.63, 3.8) is 0 Å². The molecular formula is C16H15N3. The van der Waals surface area contributed by atoms with E-state index in [2.05, 4.69) is 40.3 Å². The van der Waals surface area contributed by atoms with E-state index in [-0.39, 0.29) is 6.04 Å². The summed E-state index contributed by atoms with van der Waals surface area (Å²) in [5.74, 6) is 0.744. The van der Waals surface area contributed by atoms with Crippen molar-refractivity contribution in [3.05, 3.63) is 71.8 Å². The molecule has 2 aromatic carbocycles. The number of aromatic nitrogens is 2. The Morgan fingerprint density at radius 3 is 2.58 bits per heavy atom. The highest BCUT2D eigenvalue weighted by molar-refractivity contribution is 5.83. The number of benzene rings is 2. The molecule has 0 aliphatic heterocycles. The van der Waals surface area contributed by atoms with E-state index < -0.39 is 0 Å². The van der Waals surface area contributed by atoms with Crippen LogP contribution in [0.2, 0.25) is 0 Å². The fraction of sp³-hybridized carbons (Fsp3) is 0.125. The van der Waals surface area contributed by atoms with Crippen LogP contribution in [0.5, 0.6) is 0 Å². The van der Waals surface area contributed by atoms with Gasteiger partial charge in [0.15, 0.2) is 0 Å². The molecule has 19 heavy (non-hydrogen) atoms. The van der Waals surface area contributed by atoms with Crippen LogP contribution in [0.15, 0.2) is 54.7 Å². The van der Waals surface area contributed by atoms with Crippen LogP contribution in [-0.4, -0.2) is 9.97 Å². The van der Waals surface area contributed by atoms with Gasteiger partial charge in [0.25, 0.3) is 0 Å². The van der Waals surface area contributed by atoms with E-state index in [4.69, 9.17) is 5.73 Å². The predicted octanol–water partition coefficient (Wildman–Crippen LogP) is 2.99. The summed E-state index contributed by atoms with van der Waals surface area (Å²) >= 11 is 0. The van der Waals surface area contributed by atoms with Crippen molar-refractivity contribution in [2.75, 3.05) is 0 Å². The van der Waals surface area contributed by atoms with Crippen LogP contribution in [0, 0.1) is 6.92 Å². The van der Waals surface area contributed by atoms with Crippen molar-refractivity contribution in [1.82, 2.24) is 9.97 Å². The van der Waals surface area contributed by atoms with E-state index in [9.17, 15) is 0 Å². The smallest absolute Gasteiger partial charge is 0.125 e. The van der Waals surface area contributed by atoms with E-state index in [0.29, 0.717) is 0 Å². The summed E-state index contributed by atoms with van der Waals surface area (Å²) in [6.07, 6.45) is 1.75. The lowest BCUT2D eigenvalue weighted by Crippen LogP contribution is -2.14. The zero-order valence-corrected chi connectivity index (χ0v) is 10.7. The minimum Gasteiger partial charge on any atom is -0.319 e. The van der Waals surface area contributed by atoms with Gasteiger partial charge in [0.05, 0.1) is 11.7 Å². The Morgan fingerprint density at radius 2 is 1.79 bits per heavy atom. The van der Waals surface area contributed by atoms with Crippen LogP contribution >= 0.6 is 0 Å². The molecule has 0 aliphatic rings. The van der Waals surface area contributed by atoms with E-state index in [1.807, 2.05) is 25.1 Å². The first-order valence-electron chi connectivity index (χ1n) is 6.28. The second-order valence-corrected chi connectivity index (χ2v) is 4.61. The highest BCUT2D eigenvalue weighted by atomic mass is 14.9. The average Bonchev–Trinajstić information content (AvgIpc) is 2.46. The molecule has 0 fully saturated rings. The van der Waals surface area contributed by atoms with Crippen molar-refractivity contribution >= 4 is 10.8 Å². The standard InChI is InChI=1S/C16H15N3/c1-11-18-9-8-15(19-11)16(17)14-7-6-12-4-2-3-5-13(12)10-14/h2-10,16H,17H2,1H3. The summed E-state index contributed by atoms with van der Waals surface area (Å²) in [4.78, 5) is 8.49. The lowest BCUT2D eigenvalue weighted by atomic mass is 10.0. The number of aryl methyl sites for hydroxylation is 1. The van der Waals surface area contributed by atoms with Gasteiger partial charge in [-0.3, -0.25) is 0 Å². The molecule has 1 heterocycles. The first-order chi connectivity index (χ1) is 9.24. The van der Waals surface area contributed by atoms with Crippen LogP contribution in [0.4, 0.5) is 0 Å². The van der Waals surface area contributed by atoms with Gasteiger partial charge in [0.1, 0.15) is 5.82 Å². The number of hydrogen-bond donors (Lipinski definition) is 1. The number of rotatable bonds is 2. The second-order valence-electron chi connectivity index (χ2n) is 4.61. The summed E-state index contributed by atoms with van der Waals surface area (Å²) in [6.45, 7) is 1.87. The number of hydrogen-bond acceptors (Lipinski definition) is 3. The summed E-state index contributed by atoms with van der Waals surface area (Å²) in [6, 6.07) is 16.2. The van der Waals surface area contributed by atoms with Crippen molar-refractivity contribution in [2.45, 2.75) is 13.0 Å². The molecule has 3 heteroatoms. The van der Waals surface area contributed by atoms with Crippen molar-refractivity contribution in [2.24, 2.45) is 5.73 Å². The Kier molecular flexibility index (Phi) is 2.97. The third-order valence-electron chi connectivity index (χ3n) is 3.25. The topological polar surface area (TPSA) is 51.8 Å². The van der Waals surface area contributed by atoms with E-state index >= 15 is 0 Å². The Balaban J connectivity index is 2.04. The Bertz CT molecular complexity index is 722. The van der Waals surface area contributed by atoms with Gasteiger partial charge in [0.2, 0.25) is 0 Å². The number of nitrogens with two attached hydrogens (primary N) is 1. The van der Waals surface area contributed by atoms with Crippen LogP contribution in [-0.2, 0) is 0 Å². The van der Waals surface area contributed by atoms with E-state index in [1.165, 1.54) is 10.8 Å². The van der Waals surface area contributed by atoms with E-state index in [0.717, 1.165) is 17.1 Å². The van der Waals surface area contributed by atoms with Crippen LogP contribution in [0.25, 0.3) is 10.8 Å². The van der Waals surface area contributed by atoms with Gasteiger partial charge < -0.3 is 5.73 Å². The highest BCUT2D eigenvalue weighted by Gasteiger charge is 2.11. The molecule has 0 bridgehead atoms. The van der Waals surface area contributed by atoms with Crippen LogP contribution in [0.3, 0.4) is 0 Å². The van der Waals surface area contributed by atoms with Gasteiger partial charge in [-0.1, -0.05) is 36.4 Å². The third kappa shape index (κ3) is 2.33. The molecule has 0 radical (unpaired) electrons. The molecule has 3 rings (SSSR count). The highest BCUT2D eigenvalue weighted by Crippen LogP contribution is 2.22. The average molecular weight is 249 g/mol. The molecule has 1 atom stereocenters. The molecule has 94 valence electrons. The predicted molar refractivity (Wildman–Crippen MR) is 76.7 cm³/mol. The monoisotopic (exact) mass is 249 g/mol. The van der Waals surface area contributed by atoms with Crippen molar-refractivity contribution in [3.8, 4) is 0 Å². The maximum Gasteiger partial charge on any atom is 0.125 e. The largest absolute Gasteiger partial charge is 0.319 e. The lowest BCUT2D eigenvalue weighted by Gasteiger charge is -2.12. The first-order valence-corrected chi connectivity index (χ1v) is 6.28. The lowest BCUT2D eigenvalue weighted by molar-refractivity contribution is 0.808. The normalized spacial score (nSPS) is 12.5. The zero-order chi connectivity index (χ0) is 13.2. The number of nitrogens with zero attached hydrogens (tertiary/aromatic N) is 2. The maximum atomic E-state index is 6.29. The van der Waals surface area contributed by atoms with Gasteiger partial charge >= 0.3 is 0 Å². The molecule has 1 aromatic heterocycles. The Hall–Kier alpha value is -2.26. The first kappa shape index (κ1) is 11.8. The molecule has 0 aliphatic carbocycles. The van der Waals surface area contributed by atoms with Gasteiger partial charge in [-0.15, -0.1) is 0 Å². The Labute approximate surface area is 112 Å². The van der Waals surface area contributed by atoms with Gasteiger partial charge in [-0.2, -0.15) is 0 Å². The van der Waals surface area contributed by atoms with E-state index in [1.54, 1.807) is 6.20 Å². The summed E-state index contributed by atoms with van der Waals surface area (Å²) in [5, 5.41) is 2.42. The molecule has 2 N–H and O–H groups in total. The maximum absolute atomic E-state index is 6.29. The zero-order valence-electron chi connectivity index (χ0n) is 10.7. The SMILES string of the molecule is Cc1nccc(C(N)c2ccc3ccccc3c2)n1. The Morgan fingerprint density at radius 1 is 1.00 bits per heavy atom. The van der Waals surface area contributed by atoms with Crippen LogP contribution < -0.4 is 5.73 Å². The fourth-order valence-corrected chi connectivity index (χ4v) is 2.22. The molecule has 1 unspecified atom stereocenters. The van der Waals surface area contributed by atoms with Gasteiger partial charge in [-0.05, 0) is 35.4 Å². The molecule has 0 saturated heterocycles. The third-order valence-corrected chi connectivity index (χ3v) is 3.25. The van der Waals surface area contributed by atoms with Crippen molar-refractivity contribution < 1.29 is 0 Å². The minimum atomic E-state index is -0.216. The summed E-state index contributed by atoms with van der Waals surface area (Å²) < 4.78 is 0. The quantitative estimate of drug-likeness (QED) is 0.759. The van der Waals surface area contributed by atoms with Crippen molar-refractivity contribution in [1.29, 1.82) is 0 Å². The summed E-state index contributed by atoms with van der Waals surface area (Å²) in [7, 11) is 0. The van der Waals surface area contributed by atoms with Gasteiger partial charge in [-0.25, -0.2) is 9.97 Å². The molecule has 0 amide bonds.